The van der Waals surface area contributed by atoms with E-state index in [0.29, 0.717) is 0 Å². The summed E-state index contributed by atoms with van der Waals surface area (Å²) in [6.07, 6.45) is 18.0. The second-order valence-electron chi connectivity index (χ2n) is 6.84. The van der Waals surface area contributed by atoms with Gasteiger partial charge < -0.3 is 9.05 Å². The van der Waals surface area contributed by atoms with Gasteiger partial charge >= 0.3 is 0 Å². The number of unbranched alkanes of at least 4 members (excludes halogenated alkanes) is 4. The third-order valence-electron chi connectivity index (χ3n) is 4.68. The van der Waals surface area contributed by atoms with E-state index in [1.54, 1.807) is 23.3 Å². The highest BCUT2D eigenvalue weighted by atomic mass is 15.3. The first-order valence-electron chi connectivity index (χ1n) is 10.1. The maximum atomic E-state index is 3.78. The largest absolute Gasteiger partial charge is 0.324 e. The van der Waals surface area contributed by atoms with E-state index in [1.165, 1.54) is 82.0 Å². The second-order valence-corrected chi connectivity index (χ2v) is 6.84. The molecule has 0 spiro atoms. The van der Waals surface area contributed by atoms with E-state index in [4.69, 9.17) is 0 Å². The smallest absolute Gasteiger partial charge is 0.0986 e. The van der Waals surface area contributed by atoms with Crippen LogP contribution in [0.2, 0.25) is 0 Å². The van der Waals surface area contributed by atoms with Crippen molar-refractivity contribution in [3.05, 3.63) is 25.3 Å². The summed E-state index contributed by atoms with van der Waals surface area (Å²) in [5.74, 6) is 0. The number of hydrogen-bond acceptors (Lipinski definition) is 1. The third-order valence-corrected chi connectivity index (χ3v) is 4.68. The first-order chi connectivity index (χ1) is 11.7. The molecular formula is C21H42N3+. The van der Waals surface area contributed by atoms with E-state index in [1.807, 2.05) is 6.20 Å². The second kappa shape index (κ2) is 15.4. The molecule has 0 aliphatic heterocycles. The minimum absolute atomic E-state index is 1.35. The SMILES string of the molecule is C=Cn1ccnc1.CCCC[N+](CCCC)(CCCC)CCCC. The lowest BCUT2D eigenvalue weighted by Crippen LogP contribution is -2.50. The van der Waals surface area contributed by atoms with Gasteiger partial charge in [-0.05, 0) is 25.7 Å². The Morgan fingerprint density at radius 3 is 1.46 bits per heavy atom. The molecule has 24 heavy (non-hydrogen) atoms. The Bertz CT molecular complexity index is 333. The van der Waals surface area contributed by atoms with Crippen molar-refractivity contribution in [3.63, 3.8) is 0 Å². The highest BCUT2D eigenvalue weighted by molar-refractivity contribution is 5.14. The van der Waals surface area contributed by atoms with Gasteiger partial charge in [-0.3, -0.25) is 0 Å². The summed E-state index contributed by atoms with van der Waals surface area (Å²) in [4.78, 5) is 3.78. The summed E-state index contributed by atoms with van der Waals surface area (Å²) >= 11 is 0. The molecule has 1 aromatic heterocycles. The summed E-state index contributed by atoms with van der Waals surface area (Å²) < 4.78 is 3.20. The van der Waals surface area contributed by atoms with Crippen molar-refractivity contribution < 1.29 is 4.48 Å². The van der Waals surface area contributed by atoms with E-state index in [2.05, 4.69) is 39.3 Å². The average Bonchev–Trinajstić information content (AvgIpc) is 3.15. The lowest BCUT2D eigenvalue weighted by molar-refractivity contribution is -0.929. The predicted molar refractivity (Wildman–Crippen MR) is 108 cm³/mol. The van der Waals surface area contributed by atoms with Gasteiger partial charge in [-0.25, -0.2) is 4.98 Å². The molecule has 3 heteroatoms. The molecule has 0 unspecified atom stereocenters. The molecule has 0 amide bonds. The van der Waals surface area contributed by atoms with Crippen LogP contribution < -0.4 is 0 Å². The van der Waals surface area contributed by atoms with Crippen LogP contribution in [0.25, 0.3) is 6.20 Å². The number of quaternary nitrogens is 1. The highest BCUT2D eigenvalue weighted by Crippen LogP contribution is 2.16. The molecule has 1 aromatic rings. The van der Waals surface area contributed by atoms with Gasteiger partial charge in [0.1, 0.15) is 0 Å². The minimum Gasteiger partial charge on any atom is -0.324 e. The fourth-order valence-corrected chi connectivity index (χ4v) is 3.02. The summed E-state index contributed by atoms with van der Waals surface area (Å²) in [6, 6.07) is 0. The standard InChI is InChI=1S/C16H36N.C5H6N2/c1-5-9-13-17(14-10-6-2,15-11-7-3)16-12-8-4;1-2-7-4-3-6-5-7/h5-16H2,1-4H3;2-5H,1H2/q+1;. The van der Waals surface area contributed by atoms with Crippen LogP contribution >= 0.6 is 0 Å². The van der Waals surface area contributed by atoms with Crippen LogP contribution in [0, 0.1) is 0 Å². The Balaban J connectivity index is 0.000000620. The van der Waals surface area contributed by atoms with E-state index in [-0.39, 0.29) is 0 Å². The zero-order valence-electron chi connectivity index (χ0n) is 16.8. The van der Waals surface area contributed by atoms with Crippen LogP contribution in [0.1, 0.15) is 79.1 Å². The molecule has 0 fully saturated rings. The lowest BCUT2D eigenvalue weighted by atomic mass is 10.1. The summed E-state index contributed by atoms with van der Waals surface area (Å²) in [7, 11) is 0. The number of rotatable bonds is 13. The third kappa shape index (κ3) is 10.6. The number of hydrogen-bond donors (Lipinski definition) is 0. The van der Waals surface area contributed by atoms with E-state index >= 15 is 0 Å². The first kappa shape index (κ1) is 22.9. The maximum absolute atomic E-state index is 3.78. The molecule has 0 N–H and O–H groups in total. The van der Waals surface area contributed by atoms with Crippen molar-refractivity contribution in [1.82, 2.24) is 9.55 Å². The highest BCUT2D eigenvalue weighted by Gasteiger charge is 2.24. The molecule has 0 radical (unpaired) electrons. The van der Waals surface area contributed by atoms with Crippen molar-refractivity contribution in [1.29, 1.82) is 0 Å². The Kier molecular flexibility index (Phi) is 14.7. The van der Waals surface area contributed by atoms with Gasteiger partial charge in [0.25, 0.3) is 0 Å². The van der Waals surface area contributed by atoms with Crippen LogP contribution in [-0.4, -0.2) is 40.2 Å². The van der Waals surface area contributed by atoms with Gasteiger partial charge in [-0.2, -0.15) is 0 Å². The van der Waals surface area contributed by atoms with Crippen LogP contribution in [-0.2, 0) is 0 Å². The molecule has 1 heterocycles. The minimum atomic E-state index is 1.35. The molecule has 0 saturated carbocycles. The molecule has 0 saturated heterocycles. The van der Waals surface area contributed by atoms with Crippen LogP contribution in [0.4, 0.5) is 0 Å². The number of nitrogens with zero attached hydrogens (tertiary/aromatic N) is 3. The molecule has 0 aromatic carbocycles. The van der Waals surface area contributed by atoms with Crippen LogP contribution in [0.3, 0.4) is 0 Å². The van der Waals surface area contributed by atoms with Crippen LogP contribution in [0.15, 0.2) is 25.3 Å². The zero-order chi connectivity index (χ0) is 18.1. The normalized spacial score (nSPS) is 11.0. The molecule has 140 valence electrons. The van der Waals surface area contributed by atoms with Crippen molar-refractivity contribution in [2.75, 3.05) is 26.2 Å². The quantitative estimate of drug-likeness (QED) is 0.405. The zero-order valence-corrected chi connectivity index (χ0v) is 16.8. The van der Waals surface area contributed by atoms with E-state index < -0.39 is 0 Å². The van der Waals surface area contributed by atoms with Gasteiger partial charge in [-0.15, -0.1) is 0 Å². The molecule has 0 aliphatic carbocycles. The van der Waals surface area contributed by atoms with Gasteiger partial charge in [0.05, 0.1) is 32.5 Å². The van der Waals surface area contributed by atoms with Crippen molar-refractivity contribution in [2.45, 2.75) is 79.1 Å². The molecule has 1 rings (SSSR count). The molecule has 0 bridgehead atoms. The maximum Gasteiger partial charge on any atom is 0.0986 e. The van der Waals surface area contributed by atoms with Gasteiger partial charge in [0, 0.05) is 18.6 Å². The first-order valence-corrected chi connectivity index (χ1v) is 10.1. The lowest BCUT2D eigenvalue weighted by Gasteiger charge is -2.39. The predicted octanol–water partition coefficient (Wildman–Crippen LogP) is 5.99. The Hall–Kier alpha value is -1.09. The Morgan fingerprint density at radius 1 is 0.833 bits per heavy atom. The molecule has 0 atom stereocenters. The van der Waals surface area contributed by atoms with Crippen molar-refractivity contribution >= 4 is 6.20 Å². The number of imidazole rings is 1. The summed E-state index contributed by atoms with van der Waals surface area (Å²) in [6.45, 7) is 18.5. The van der Waals surface area contributed by atoms with E-state index in [9.17, 15) is 0 Å². The van der Waals surface area contributed by atoms with Gasteiger partial charge in [0.15, 0.2) is 0 Å². The molecule has 0 aliphatic rings. The Morgan fingerprint density at radius 2 is 1.25 bits per heavy atom. The Labute approximate surface area is 151 Å². The fraction of sp³-hybridized carbons (Fsp3) is 0.762. The van der Waals surface area contributed by atoms with Crippen molar-refractivity contribution in [3.8, 4) is 0 Å². The van der Waals surface area contributed by atoms with Gasteiger partial charge in [-0.1, -0.05) is 60.0 Å². The summed E-state index contributed by atoms with van der Waals surface area (Å²) in [5, 5.41) is 0. The molecule has 3 nitrogen and oxygen atoms in total. The monoisotopic (exact) mass is 336 g/mol. The molecular weight excluding hydrogens is 294 g/mol. The summed E-state index contributed by atoms with van der Waals surface area (Å²) in [5.41, 5.74) is 0. The van der Waals surface area contributed by atoms with E-state index in [0.717, 1.165) is 0 Å². The van der Waals surface area contributed by atoms with Crippen LogP contribution in [0.5, 0.6) is 0 Å². The topological polar surface area (TPSA) is 17.8 Å². The van der Waals surface area contributed by atoms with Crippen molar-refractivity contribution in [2.24, 2.45) is 0 Å². The fourth-order valence-electron chi connectivity index (χ4n) is 3.02. The number of aromatic nitrogens is 2. The van der Waals surface area contributed by atoms with Gasteiger partial charge in [0.2, 0.25) is 0 Å². The average molecular weight is 337 g/mol.